The number of aromatic hydroxyl groups is 2. The van der Waals surface area contributed by atoms with Crippen LogP contribution in [0.25, 0.3) is 0 Å². The fraction of sp³-hybridized carbons (Fsp3) is 0.0667. The van der Waals surface area contributed by atoms with Crippen molar-refractivity contribution >= 4 is 17.4 Å². The van der Waals surface area contributed by atoms with Crippen molar-refractivity contribution in [2.24, 2.45) is 5.10 Å². The van der Waals surface area contributed by atoms with Gasteiger partial charge in [0, 0.05) is 11.6 Å². The molecule has 0 radical (unpaired) electrons. The molecule has 0 atom stereocenters. The number of nitrogens with one attached hydrogen (secondary N) is 1. The number of aromatic carboxylic acids is 1. The molecule has 0 saturated heterocycles. The van der Waals surface area contributed by atoms with Crippen molar-refractivity contribution in [3.05, 3.63) is 53.6 Å². The van der Waals surface area contributed by atoms with E-state index >= 15 is 0 Å². The molecule has 0 heterocycles. The second-order valence-corrected chi connectivity index (χ2v) is 4.36. The molecular weight excluding hydrogens is 272 g/mol. The number of para-hydroxylation sites is 1. The second kappa shape index (κ2) is 5.96. The molecule has 2 aromatic rings. The van der Waals surface area contributed by atoms with E-state index in [4.69, 9.17) is 5.11 Å². The minimum Gasteiger partial charge on any atom is -0.508 e. The SMILES string of the molecule is C/C(=N\Nc1ccccc1C(=O)O)c1ccc(O)cc1O. The van der Waals surface area contributed by atoms with Crippen molar-refractivity contribution in [3.8, 4) is 11.5 Å². The quantitative estimate of drug-likeness (QED) is 0.511. The van der Waals surface area contributed by atoms with Crippen LogP contribution in [0.5, 0.6) is 11.5 Å². The van der Waals surface area contributed by atoms with E-state index < -0.39 is 5.97 Å². The van der Waals surface area contributed by atoms with Crippen LogP contribution in [0.2, 0.25) is 0 Å². The number of carbonyl (C=O) groups is 1. The van der Waals surface area contributed by atoms with E-state index in [1.54, 1.807) is 25.1 Å². The predicted octanol–water partition coefficient (Wildman–Crippen LogP) is 2.63. The minimum absolute atomic E-state index is 0.0479. The van der Waals surface area contributed by atoms with Gasteiger partial charge < -0.3 is 15.3 Å². The molecule has 21 heavy (non-hydrogen) atoms. The molecule has 0 saturated carbocycles. The lowest BCUT2D eigenvalue weighted by Gasteiger charge is -2.08. The fourth-order valence-electron chi connectivity index (χ4n) is 1.80. The molecule has 0 bridgehead atoms. The van der Waals surface area contributed by atoms with E-state index in [0.29, 0.717) is 17.0 Å². The number of hydrogen-bond donors (Lipinski definition) is 4. The molecule has 2 aromatic carbocycles. The van der Waals surface area contributed by atoms with Crippen LogP contribution in [0.1, 0.15) is 22.8 Å². The Morgan fingerprint density at radius 3 is 2.48 bits per heavy atom. The highest BCUT2D eigenvalue weighted by Gasteiger charge is 2.09. The van der Waals surface area contributed by atoms with E-state index in [-0.39, 0.29) is 17.1 Å². The highest BCUT2D eigenvalue weighted by atomic mass is 16.4. The van der Waals surface area contributed by atoms with Crippen LogP contribution in [-0.2, 0) is 0 Å². The van der Waals surface area contributed by atoms with Crippen LogP contribution in [0.3, 0.4) is 0 Å². The first-order chi connectivity index (χ1) is 9.99. The molecule has 0 aliphatic rings. The van der Waals surface area contributed by atoms with Crippen molar-refractivity contribution in [1.29, 1.82) is 0 Å². The van der Waals surface area contributed by atoms with Crippen LogP contribution >= 0.6 is 0 Å². The molecule has 2 rings (SSSR count). The molecule has 4 N–H and O–H groups in total. The van der Waals surface area contributed by atoms with Gasteiger partial charge in [-0.3, -0.25) is 5.43 Å². The van der Waals surface area contributed by atoms with Gasteiger partial charge in [0.25, 0.3) is 0 Å². The molecule has 0 aromatic heterocycles. The second-order valence-electron chi connectivity index (χ2n) is 4.36. The van der Waals surface area contributed by atoms with Crippen molar-refractivity contribution in [2.45, 2.75) is 6.92 Å². The number of phenols is 2. The van der Waals surface area contributed by atoms with Crippen LogP contribution in [0.15, 0.2) is 47.6 Å². The molecule has 108 valence electrons. The molecular formula is C15H14N2O4. The Bertz CT molecular complexity index is 711. The van der Waals surface area contributed by atoms with Crippen LogP contribution in [0, 0.1) is 0 Å². The van der Waals surface area contributed by atoms with Gasteiger partial charge in [-0.05, 0) is 31.2 Å². The lowest BCUT2D eigenvalue weighted by molar-refractivity contribution is 0.0698. The van der Waals surface area contributed by atoms with Gasteiger partial charge in [-0.2, -0.15) is 5.10 Å². The maximum absolute atomic E-state index is 11.1. The summed E-state index contributed by atoms with van der Waals surface area (Å²) in [5, 5.41) is 32.1. The number of phenolic OH excluding ortho intramolecular Hbond substituents is 2. The zero-order chi connectivity index (χ0) is 15.4. The molecule has 0 spiro atoms. The Labute approximate surface area is 121 Å². The minimum atomic E-state index is -1.06. The molecule has 6 nitrogen and oxygen atoms in total. The van der Waals surface area contributed by atoms with Crippen molar-refractivity contribution in [2.75, 3.05) is 5.43 Å². The number of benzene rings is 2. The Morgan fingerprint density at radius 1 is 1.10 bits per heavy atom. The smallest absolute Gasteiger partial charge is 0.337 e. The van der Waals surface area contributed by atoms with Gasteiger partial charge >= 0.3 is 5.97 Å². The maximum Gasteiger partial charge on any atom is 0.337 e. The monoisotopic (exact) mass is 286 g/mol. The Hall–Kier alpha value is -3.02. The summed E-state index contributed by atoms with van der Waals surface area (Å²) in [7, 11) is 0. The third-order valence-electron chi connectivity index (χ3n) is 2.87. The van der Waals surface area contributed by atoms with Crippen LogP contribution in [0.4, 0.5) is 5.69 Å². The average molecular weight is 286 g/mol. The molecule has 6 heteroatoms. The average Bonchev–Trinajstić information content (AvgIpc) is 2.45. The third-order valence-corrected chi connectivity index (χ3v) is 2.87. The fourth-order valence-corrected chi connectivity index (χ4v) is 1.80. The number of carboxylic acid groups (broad SMARTS) is 1. The van der Waals surface area contributed by atoms with E-state index in [2.05, 4.69) is 10.5 Å². The summed E-state index contributed by atoms with van der Waals surface area (Å²) in [5.74, 6) is -1.21. The Kier molecular flexibility index (Phi) is 4.08. The molecule has 0 fully saturated rings. The number of nitrogens with zero attached hydrogens (tertiary/aromatic N) is 1. The largest absolute Gasteiger partial charge is 0.508 e. The summed E-state index contributed by atoms with van der Waals surface area (Å²) in [6.45, 7) is 1.66. The van der Waals surface area contributed by atoms with Gasteiger partial charge in [0.05, 0.1) is 17.0 Å². The number of carboxylic acids is 1. The summed E-state index contributed by atoms with van der Waals surface area (Å²) in [5.41, 5.74) is 4.01. The summed E-state index contributed by atoms with van der Waals surface area (Å²) >= 11 is 0. The van der Waals surface area contributed by atoms with Gasteiger partial charge in [0.15, 0.2) is 0 Å². The predicted molar refractivity (Wildman–Crippen MR) is 79.0 cm³/mol. The number of hydrogen-bond acceptors (Lipinski definition) is 5. The van der Waals surface area contributed by atoms with Crippen LogP contribution in [-0.4, -0.2) is 27.0 Å². The Morgan fingerprint density at radius 2 is 1.81 bits per heavy atom. The Balaban J connectivity index is 2.27. The van der Waals surface area contributed by atoms with Crippen LogP contribution < -0.4 is 5.43 Å². The normalized spacial score (nSPS) is 11.2. The highest BCUT2D eigenvalue weighted by molar-refractivity contribution is 6.02. The topological polar surface area (TPSA) is 102 Å². The number of hydrazone groups is 1. The first-order valence-corrected chi connectivity index (χ1v) is 6.14. The summed E-state index contributed by atoms with van der Waals surface area (Å²) in [6.07, 6.45) is 0. The van der Waals surface area contributed by atoms with E-state index in [1.807, 2.05) is 0 Å². The third kappa shape index (κ3) is 3.30. The first-order valence-electron chi connectivity index (χ1n) is 6.14. The lowest BCUT2D eigenvalue weighted by Crippen LogP contribution is -2.04. The van der Waals surface area contributed by atoms with Gasteiger partial charge in [-0.1, -0.05) is 12.1 Å². The lowest BCUT2D eigenvalue weighted by atomic mass is 10.1. The van der Waals surface area contributed by atoms with Gasteiger partial charge in [-0.25, -0.2) is 4.79 Å². The van der Waals surface area contributed by atoms with E-state index in [9.17, 15) is 15.0 Å². The number of anilines is 1. The highest BCUT2D eigenvalue weighted by Crippen LogP contribution is 2.23. The van der Waals surface area contributed by atoms with E-state index in [0.717, 1.165) is 0 Å². The molecule has 0 aliphatic heterocycles. The van der Waals surface area contributed by atoms with Crippen molar-refractivity contribution < 1.29 is 20.1 Å². The zero-order valence-electron chi connectivity index (χ0n) is 11.2. The van der Waals surface area contributed by atoms with Gasteiger partial charge in [-0.15, -0.1) is 0 Å². The van der Waals surface area contributed by atoms with Crippen molar-refractivity contribution in [3.63, 3.8) is 0 Å². The standard InChI is InChI=1S/C15H14N2O4/c1-9(11-7-6-10(18)8-14(11)19)16-17-13-5-3-2-4-12(13)15(20)21/h2-8,17-19H,1H3,(H,20,21)/b16-9+. The van der Waals surface area contributed by atoms with Gasteiger partial charge in [0.1, 0.15) is 11.5 Å². The van der Waals surface area contributed by atoms with E-state index in [1.165, 1.54) is 24.3 Å². The maximum atomic E-state index is 11.1. The van der Waals surface area contributed by atoms with Crippen molar-refractivity contribution in [1.82, 2.24) is 0 Å². The van der Waals surface area contributed by atoms with Gasteiger partial charge in [0.2, 0.25) is 0 Å². The molecule has 0 unspecified atom stereocenters. The summed E-state index contributed by atoms with van der Waals surface area (Å²) < 4.78 is 0. The summed E-state index contributed by atoms with van der Waals surface area (Å²) in [6, 6.07) is 10.5. The first kappa shape index (κ1) is 14.4. The summed E-state index contributed by atoms with van der Waals surface area (Å²) in [4.78, 5) is 11.1. The zero-order valence-corrected chi connectivity index (χ0v) is 11.2. The number of rotatable bonds is 4. The molecule has 0 amide bonds. The molecule has 0 aliphatic carbocycles.